The van der Waals surface area contributed by atoms with E-state index in [1.807, 2.05) is 55.5 Å². The van der Waals surface area contributed by atoms with Gasteiger partial charge in [-0.05, 0) is 36.8 Å². The van der Waals surface area contributed by atoms with Crippen molar-refractivity contribution < 1.29 is 4.79 Å². The highest BCUT2D eigenvalue weighted by Gasteiger charge is 2.10. The number of thiazole rings is 1. The van der Waals surface area contributed by atoms with Crippen LogP contribution in [0, 0.1) is 6.92 Å². The molecule has 114 valence electrons. The molecular formula is C18H15N3OS. The van der Waals surface area contributed by atoms with Crippen LogP contribution in [0.4, 0.5) is 0 Å². The molecule has 1 amide bonds. The number of nitrogens with one attached hydrogen (secondary N) is 2. The summed E-state index contributed by atoms with van der Waals surface area (Å²) in [5.41, 5.74) is 3.70. The summed E-state index contributed by atoms with van der Waals surface area (Å²) in [7, 11) is 0. The fraction of sp³-hybridized carbons (Fsp3) is 0.111. The number of benzene rings is 2. The van der Waals surface area contributed by atoms with Crippen LogP contribution < -0.4 is 5.32 Å². The first kappa shape index (κ1) is 14.0. The first-order valence-corrected chi connectivity index (χ1v) is 8.23. The highest BCUT2D eigenvalue weighted by Crippen LogP contribution is 2.21. The van der Waals surface area contributed by atoms with Gasteiger partial charge in [0, 0.05) is 10.9 Å². The van der Waals surface area contributed by atoms with Gasteiger partial charge in [0.1, 0.15) is 10.7 Å². The monoisotopic (exact) mass is 321 g/mol. The highest BCUT2D eigenvalue weighted by molar-refractivity contribution is 7.18. The highest BCUT2D eigenvalue weighted by atomic mass is 32.1. The first-order valence-electron chi connectivity index (χ1n) is 7.41. The van der Waals surface area contributed by atoms with E-state index in [0.29, 0.717) is 12.2 Å². The van der Waals surface area contributed by atoms with Crippen LogP contribution in [0.1, 0.15) is 21.1 Å². The molecule has 0 saturated carbocycles. The van der Waals surface area contributed by atoms with Gasteiger partial charge in [0.25, 0.3) is 5.91 Å². The summed E-state index contributed by atoms with van der Waals surface area (Å²) < 4.78 is 1.14. The minimum atomic E-state index is -0.113. The quantitative estimate of drug-likeness (QED) is 0.599. The van der Waals surface area contributed by atoms with Gasteiger partial charge >= 0.3 is 0 Å². The van der Waals surface area contributed by atoms with Crippen LogP contribution in [0.15, 0.2) is 48.5 Å². The van der Waals surface area contributed by atoms with Crippen molar-refractivity contribution in [1.29, 1.82) is 0 Å². The van der Waals surface area contributed by atoms with Gasteiger partial charge in [-0.3, -0.25) is 4.79 Å². The molecule has 2 N–H and O–H groups in total. The van der Waals surface area contributed by atoms with Gasteiger partial charge in [0.2, 0.25) is 0 Å². The number of nitrogens with zero attached hydrogens (tertiary/aromatic N) is 1. The summed E-state index contributed by atoms with van der Waals surface area (Å²) in [5.74, 6) is -0.113. The molecule has 0 bridgehead atoms. The minimum Gasteiger partial charge on any atom is -0.351 e. The molecule has 0 unspecified atom stereocenters. The number of carbonyl (C=O) groups excluding carboxylic acids is 1. The maximum Gasteiger partial charge on any atom is 0.268 e. The largest absolute Gasteiger partial charge is 0.351 e. The molecule has 0 aliphatic heterocycles. The Morgan fingerprint density at radius 2 is 2.09 bits per heavy atom. The normalized spacial score (nSPS) is 11.2. The molecule has 4 nitrogen and oxygen atoms in total. The van der Waals surface area contributed by atoms with Crippen LogP contribution in [-0.2, 0) is 6.54 Å². The molecular weight excluding hydrogens is 306 g/mol. The van der Waals surface area contributed by atoms with Gasteiger partial charge in [0.15, 0.2) is 0 Å². The van der Waals surface area contributed by atoms with Crippen LogP contribution >= 0.6 is 11.3 Å². The Morgan fingerprint density at radius 3 is 2.96 bits per heavy atom. The number of para-hydroxylation sites is 1. The van der Waals surface area contributed by atoms with Crippen LogP contribution in [0.25, 0.3) is 21.1 Å². The first-order chi connectivity index (χ1) is 11.2. The molecule has 2 aromatic carbocycles. The average molecular weight is 321 g/mol. The average Bonchev–Trinajstić information content (AvgIpc) is 3.15. The minimum absolute atomic E-state index is 0.113. The lowest BCUT2D eigenvalue weighted by atomic mass is 10.2. The van der Waals surface area contributed by atoms with Crippen LogP contribution in [0.3, 0.4) is 0 Å². The van der Waals surface area contributed by atoms with Gasteiger partial charge in [-0.15, -0.1) is 11.3 Å². The number of aryl methyl sites for hydroxylation is 1. The topological polar surface area (TPSA) is 57.8 Å². The van der Waals surface area contributed by atoms with E-state index >= 15 is 0 Å². The molecule has 2 heterocycles. The van der Waals surface area contributed by atoms with Gasteiger partial charge in [-0.2, -0.15) is 0 Å². The number of aromatic nitrogens is 2. The summed E-state index contributed by atoms with van der Waals surface area (Å²) in [6.07, 6.45) is 0. The summed E-state index contributed by atoms with van der Waals surface area (Å²) in [5, 5.41) is 4.88. The lowest BCUT2D eigenvalue weighted by Gasteiger charge is -2.00. The van der Waals surface area contributed by atoms with Gasteiger partial charge in [-0.25, -0.2) is 4.98 Å². The smallest absolute Gasteiger partial charge is 0.268 e. The molecule has 0 atom stereocenters. The SMILES string of the molecule is Cc1ccc2cc(C(=O)NCc3nc4ccccc4s3)[nH]c2c1. The molecule has 0 aliphatic carbocycles. The van der Waals surface area contributed by atoms with Crippen molar-refractivity contribution >= 4 is 38.4 Å². The second-order valence-corrected chi connectivity index (χ2v) is 6.65. The lowest BCUT2D eigenvalue weighted by Crippen LogP contribution is -2.22. The van der Waals surface area contributed by atoms with E-state index in [-0.39, 0.29) is 5.91 Å². The van der Waals surface area contributed by atoms with Crippen LogP contribution in [0.5, 0.6) is 0 Å². The summed E-state index contributed by atoms with van der Waals surface area (Å²) in [6.45, 7) is 2.47. The Morgan fingerprint density at radius 1 is 1.22 bits per heavy atom. The van der Waals surface area contributed by atoms with E-state index < -0.39 is 0 Å². The molecule has 0 radical (unpaired) electrons. The lowest BCUT2D eigenvalue weighted by molar-refractivity contribution is 0.0946. The third kappa shape index (κ3) is 2.71. The predicted molar refractivity (Wildman–Crippen MR) is 93.8 cm³/mol. The standard InChI is InChI=1S/C18H15N3OS/c1-11-6-7-12-9-15(20-14(12)8-11)18(22)19-10-17-21-13-4-2-3-5-16(13)23-17/h2-9,20H,10H2,1H3,(H,19,22). The van der Waals surface area contributed by atoms with Gasteiger partial charge < -0.3 is 10.3 Å². The zero-order valence-electron chi connectivity index (χ0n) is 12.6. The number of hydrogen-bond donors (Lipinski definition) is 2. The number of hydrogen-bond acceptors (Lipinski definition) is 3. The number of amides is 1. The van der Waals surface area contributed by atoms with E-state index in [1.165, 1.54) is 5.56 Å². The Balaban J connectivity index is 1.52. The Labute approximate surface area is 137 Å². The number of carbonyl (C=O) groups is 1. The predicted octanol–water partition coefficient (Wildman–Crippen LogP) is 4.02. The van der Waals surface area contributed by atoms with Crippen molar-refractivity contribution in [3.8, 4) is 0 Å². The maximum atomic E-state index is 12.3. The Kier molecular flexibility index (Phi) is 3.35. The summed E-state index contributed by atoms with van der Waals surface area (Å²) >= 11 is 1.61. The molecule has 0 saturated heterocycles. The fourth-order valence-electron chi connectivity index (χ4n) is 2.61. The van der Waals surface area contributed by atoms with Crippen molar-refractivity contribution in [3.05, 3.63) is 64.8 Å². The fourth-order valence-corrected chi connectivity index (χ4v) is 3.52. The number of aromatic amines is 1. The molecule has 5 heteroatoms. The molecule has 4 rings (SSSR count). The van der Waals surface area contributed by atoms with Crippen molar-refractivity contribution in [2.75, 3.05) is 0 Å². The second kappa shape index (κ2) is 5.52. The summed E-state index contributed by atoms with van der Waals surface area (Å²) in [6, 6.07) is 16.0. The summed E-state index contributed by atoms with van der Waals surface area (Å²) in [4.78, 5) is 20.0. The molecule has 0 fully saturated rings. The van der Waals surface area contributed by atoms with E-state index in [4.69, 9.17) is 0 Å². The Bertz CT molecular complexity index is 982. The van der Waals surface area contributed by atoms with E-state index in [1.54, 1.807) is 11.3 Å². The third-order valence-electron chi connectivity index (χ3n) is 3.76. The van der Waals surface area contributed by atoms with E-state index in [2.05, 4.69) is 15.3 Å². The molecule has 0 spiro atoms. The van der Waals surface area contributed by atoms with Crippen molar-refractivity contribution in [2.24, 2.45) is 0 Å². The zero-order chi connectivity index (χ0) is 15.8. The third-order valence-corrected chi connectivity index (χ3v) is 4.80. The number of fused-ring (bicyclic) bond motifs is 2. The van der Waals surface area contributed by atoms with Crippen LogP contribution in [0.2, 0.25) is 0 Å². The number of rotatable bonds is 3. The molecule has 23 heavy (non-hydrogen) atoms. The maximum absolute atomic E-state index is 12.3. The Hall–Kier alpha value is -2.66. The zero-order valence-corrected chi connectivity index (χ0v) is 13.4. The van der Waals surface area contributed by atoms with Gasteiger partial charge in [-0.1, -0.05) is 24.3 Å². The molecule has 4 aromatic rings. The molecule has 2 aromatic heterocycles. The van der Waals surface area contributed by atoms with Gasteiger partial charge in [0.05, 0.1) is 16.8 Å². The van der Waals surface area contributed by atoms with Crippen molar-refractivity contribution in [2.45, 2.75) is 13.5 Å². The second-order valence-electron chi connectivity index (χ2n) is 5.53. The van der Waals surface area contributed by atoms with Crippen molar-refractivity contribution in [3.63, 3.8) is 0 Å². The van der Waals surface area contributed by atoms with E-state index in [9.17, 15) is 4.79 Å². The van der Waals surface area contributed by atoms with Crippen LogP contribution in [-0.4, -0.2) is 15.9 Å². The van der Waals surface area contributed by atoms with E-state index in [0.717, 1.165) is 26.1 Å². The number of H-pyrrole nitrogens is 1. The van der Waals surface area contributed by atoms with Crippen molar-refractivity contribution in [1.82, 2.24) is 15.3 Å². The molecule has 0 aliphatic rings.